The van der Waals surface area contributed by atoms with Gasteiger partial charge in [-0.3, -0.25) is 10.2 Å². The number of ether oxygens (including phenoxy) is 1. The number of halogens is 3. The molecule has 5 nitrogen and oxygen atoms in total. The van der Waals surface area contributed by atoms with E-state index in [1.165, 1.54) is 6.07 Å². The van der Waals surface area contributed by atoms with Gasteiger partial charge >= 0.3 is 0 Å². The summed E-state index contributed by atoms with van der Waals surface area (Å²) in [6.45, 7) is 1.87. The SMILES string of the molecule is CCOC(C(=O)NCc1ccc(C(=N)N)cc1)c1c(F)ccc(-c2ccccc2)c1F.Cl. The number of amides is 1. The van der Waals surface area contributed by atoms with E-state index in [1.54, 1.807) is 61.5 Å². The maximum Gasteiger partial charge on any atom is 0.254 e. The summed E-state index contributed by atoms with van der Waals surface area (Å²) in [5, 5.41) is 10.1. The average Bonchev–Trinajstić information content (AvgIpc) is 2.77. The minimum atomic E-state index is -1.44. The van der Waals surface area contributed by atoms with Crippen molar-refractivity contribution >= 4 is 24.1 Å². The van der Waals surface area contributed by atoms with E-state index in [0.29, 0.717) is 11.1 Å². The van der Waals surface area contributed by atoms with Crippen LogP contribution in [0.2, 0.25) is 0 Å². The van der Waals surface area contributed by atoms with E-state index in [2.05, 4.69) is 5.32 Å². The van der Waals surface area contributed by atoms with E-state index in [-0.39, 0.29) is 37.0 Å². The van der Waals surface area contributed by atoms with E-state index >= 15 is 4.39 Å². The second kappa shape index (κ2) is 11.4. The monoisotopic (exact) mass is 459 g/mol. The van der Waals surface area contributed by atoms with Crippen LogP contribution in [0.25, 0.3) is 11.1 Å². The molecule has 1 amide bonds. The van der Waals surface area contributed by atoms with Gasteiger partial charge in [-0.15, -0.1) is 12.4 Å². The lowest BCUT2D eigenvalue weighted by Crippen LogP contribution is -2.31. The summed E-state index contributed by atoms with van der Waals surface area (Å²) in [6, 6.07) is 17.9. The summed E-state index contributed by atoms with van der Waals surface area (Å²) in [7, 11) is 0. The Hall–Kier alpha value is -3.29. The van der Waals surface area contributed by atoms with Crippen molar-refractivity contribution < 1.29 is 18.3 Å². The van der Waals surface area contributed by atoms with Crippen LogP contribution >= 0.6 is 12.4 Å². The molecule has 0 spiro atoms. The van der Waals surface area contributed by atoms with E-state index in [9.17, 15) is 9.18 Å². The summed E-state index contributed by atoms with van der Waals surface area (Å²) < 4.78 is 35.4. The van der Waals surface area contributed by atoms with Crippen molar-refractivity contribution in [1.82, 2.24) is 5.32 Å². The zero-order chi connectivity index (χ0) is 22.4. The Morgan fingerprint density at radius 2 is 1.72 bits per heavy atom. The minimum Gasteiger partial charge on any atom is -0.384 e. The van der Waals surface area contributed by atoms with Crippen molar-refractivity contribution in [3.05, 3.63) is 95.1 Å². The fraction of sp³-hybridized carbons (Fsp3) is 0.167. The van der Waals surface area contributed by atoms with Crippen molar-refractivity contribution in [1.29, 1.82) is 5.41 Å². The number of nitrogen functional groups attached to an aromatic ring is 1. The van der Waals surface area contributed by atoms with Crippen molar-refractivity contribution in [3.63, 3.8) is 0 Å². The van der Waals surface area contributed by atoms with Crippen LogP contribution < -0.4 is 11.1 Å². The molecule has 0 radical (unpaired) electrons. The topological polar surface area (TPSA) is 88.2 Å². The first kappa shape index (κ1) is 25.0. The highest BCUT2D eigenvalue weighted by atomic mass is 35.5. The highest BCUT2D eigenvalue weighted by Crippen LogP contribution is 2.32. The van der Waals surface area contributed by atoms with Crippen LogP contribution in [0.15, 0.2) is 66.7 Å². The smallest absolute Gasteiger partial charge is 0.254 e. The van der Waals surface area contributed by atoms with E-state index < -0.39 is 29.2 Å². The van der Waals surface area contributed by atoms with Gasteiger partial charge in [0.05, 0.1) is 5.56 Å². The van der Waals surface area contributed by atoms with Gasteiger partial charge in [0.25, 0.3) is 5.91 Å². The Labute approximate surface area is 191 Å². The first-order valence-corrected chi connectivity index (χ1v) is 9.78. The predicted molar refractivity (Wildman–Crippen MR) is 123 cm³/mol. The number of benzene rings is 3. The summed E-state index contributed by atoms with van der Waals surface area (Å²) >= 11 is 0. The second-order valence-corrected chi connectivity index (χ2v) is 6.85. The Bertz CT molecular complexity index is 1080. The molecule has 0 saturated heterocycles. The maximum absolute atomic E-state index is 15.3. The largest absolute Gasteiger partial charge is 0.384 e. The Balaban J connectivity index is 0.00000363. The fourth-order valence-corrected chi connectivity index (χ4v) is 3.19. The Morgan fingerprint density at radius 3 is 2.31 bits per heavy atom. The summed E-state index contributed by atoms with van der Waals surface area (Å²) in [4.78, 5) is 12.8. The molecule has 8 heteroatoms. The van der Waals surface area contributed by atoms with Gasteiger partial charge in [-0.1, -0.05) is 54.6 Å². The second-order valence-electron chi connectivity index (χ2n) is 6.85. The van der Waals surface area contributed by atoms with E-state index in [1.807, 2.05) is 0 Å². The Morgan fingerprint density at radius 1 is 1.06 bits per heavy atom. The minimum absolute atomic E-state index is 0. The third kappa shape index (κ3) is 5.69. The third-order valence-corrected chi connectivity index (χ3v) is 4.78. The van der Waals surface area contributed by atoms with Gasteiger partial charge in [-0.25, -0.2) is 8.78 Å². The average molecular weight is 460 g/mol. The van der Waals surface area contributed by atoms with Crippen molar-refractivity contribution in [2.75, 3.05) is 6.61 Å². The zero-order valence-electron chi connectivity index (χ0n) is 17.4. The van der Waals surface area contributed by atoms with Gasteiger partial charge < -0.3 is 15.8 Å². The molecule has 3 rings (SSSR count). The molecule has 1 unspecified atom stereocenters. The quantitative estimate of drug-likeness (QED) is 0.336. The van der Waals surface area contributed by atoms with Crippen LogP contribution in [-0.2, 0) is 16.1 Å². The third-order valence-electron chi connectivity index (χ3n) is 4.78. The van der Waals surface area contributed by atoms with Gasteiger partial charge in [0.2, 0.25) is 0 Å². The van der Waals surface area contributed by atoms with Crippen LogP contribution in [0, 0.1) is 17.0 Å². The summed E-state index contributed by atoms with van der Waals surface area (Å²) in [5.41, 5.74) is 7.07. The molecule has 0 aliphatic rings. The highest BCUT2D eigenvalue weighted by Gasteiger charge is 2.29. The van der Waals surface area contributed by atoms with Gasteiger partial charge in [-0.05, 0) is 30.2 Å². The molecule has 0 fully saturated rings. The highest BCUT2D eigenvalue weighted by molar-refractivity contribution is 5.94. The number of nitrogens with one attached hydrogen (secondary N) is 2. The van der Waals surface area contributed by atoms with Gasteiger partial charge in [-0.2, -0.15) is 0 Å². The molecule has 0 aliphatic carbocycles. The molecule has 0 heterocycles. The molecule has 3 aromatic carbocycles. The van der Waals surface area contributed by atoms with Crippen LogP contribution in [-0.4, -0.2) is 18.3 Å². The lowest BCUT2D eigenvalue weighted by molar-refractivity contribution is -0.133. The molecular weight excluding hydrogens is 436 g/mol. The lowest BCUT2D eigenvalue weighted by atomic mass is 9.98. The molecule has 0 saturated carbocycles. The van der Waals surface area contributed by atoms with Crippen LogP contribution in [0.4, 0.5) is 8.78 Å². The van der Waals surface area contributed by atoms with Crippen molar-refractivity contribution in [2.24, 2.45) is 5.73 Å². The van der Waals surface area contributed by atoms with Gasteiger partial charge in [0.15, 0.2) is 6.10 Å². The van der Waals surface area contributed by atoms with E-state index in [4.69, 9.17) is 15.9 Å². The number of carbonyl (C=O) groups excluding carboxylic acids is 1. The molecule has 0 aromatic heterocycles. The molecule has 3 aromatic rings. The zero-order valence-corrected chi connectivity index (χ0v) is 18.2. The Kier molecular flexibility index (Phi) is 8.87. The molecule has 1 atom stereocenters. The van der Waals surface area contributed by atoms with Gasteiger partial charge in [0.1, 0.15) is 17.5 Å². The molecule has 168 valence electrons. The fourth-order valence-electron chi connectivity index (χ4n) is 3.19. The van der Waals surface area contributed by atoms with Crippen LogP contribution in [0.3, 0.4) is 0 Å². The van der Waals surface area contributed by atoms with Crippen LogP contribution in [0.1, 0.15) is 29.7 Å². The predicted octanol–water partition coefficient (Wildman–Crippen LogP) is 4.73. The first-order valence-electron chi connectivity index (χ1n) is 9.78. The number of rotatable bonds is 8. The number of nitrogens with two attached hydrogens (primary N) is 1. The number of hydrogen-bond acceptors (Lipinski definition) is 3. The van der Waals surface area contributed by atoms with Gasteiger partial charge in [0, 0.05) is 24.3 Å². The number of amidine groups is 1. The maximum atomic E-state index is 15.3. The summed E-state index contributed by atoms with van der Waals surface area (Å²) in [6.07, 6.45) is -1.44. The number of hydrogen-bond donors (Lipinski definition) is 3. The van der Waals surface area contributed by atoms with Crippen molar-refractivity contribution in [2.45, 2.75) is 19.6 Å². The van der Waals surface area contributed by atoms with Crippen LogP contribution in [0.5, 0.6) is 0 Å². The lowest BCUT2D eigenvalue weighted by Gasteiger charge is -2.20. The summed E-state index contributed by atoms with van der Waals surface area (Å²) in [5.74, 6) is -2.39. The number of carbonyl (C=O) groups is 1. The standard InChI is InChI=1S/C24H23F2N3O2.ClH/c1-2-31-22(24(30)29-14-15-8-10-17(11-9-15)23(27)28)20-19(25)13-12-18(21(20)26)16-6-4-3-5-7-16;/h3-13,22H,2,14H2,1H3,(H3,27,28)(H,29,30);1H. The molecule has 4 N–H and O–H groups in total. The molecular formula is C24H24ClF2N3O2. The molecule has 0 bridgehead atoms. The van der Waals surface area contributed by atoms with E-state index in [0.717, 1.165) is 11.6 Å². The normalized spacial score (nSPS) is 11.3. The molecule has 32 heavy (non-hydrogen) atoms. The van der Waals surface area contributed by atoms with Crippen molar-refractivity contribution in [3.8, 4) is 11.1 Å². The molecule has 0 aliphatic heterocycles. The first-order chi connectivity index (χ1) is 14.9.